The first-order valence-electron chi connectivity index (χ1n) is 9.14. The van der Waals surface area contributed by atoms with E-state index in [1.165, 1.54) is 6.92 Å². The highest BCUT2D eigenvalue weighted by Crippen LogP contribution is 2.21. The molecule has 0 bridgehead atoms. The highest BCUT2D eigenvalue weighted by molar-refractivity contribution is 6.04. The quantitative estimate of drug-likeness (QED) is 0.549. The van der Waals surface area contributed by atoms with Crippen LogP contribution in [0.2, 0.25) is 0 Å². The maximum atomic E-state index is 12.7. The van der Waals surface area contributed by atoms with Crippen LogP contribution in [0.1, 0.15) is 63.2 Å². The number of rotatable bonds is 8. The normalized spacial score (nSPS) is 11.6. The smallest absolute Gasteiger partial charge is 0.340 e. The number of Topliss-reactive ketones (excluding diaryl/α,β-unsaturated/α-hetero) is 1. The Balaban J connectivity index is 2.13. The summed E-state index contributed by atoms with van der Waals surface area (Å²) in [6.07, 6.45) is -1.02. The lowest BCUT2D eigenvalue weighted by molar-refractivity contribution is 0.0316. The van der Waals surface area contributed by atoms with Gasteiger partial charge in [0.25, 0.3) is 0 Å². The average Bonchev–Trinajstić information content (AvgIpc) is 2.96. The summed E-state index contributed by atoms with van der Waals surface area (Å²) < 4.78 is 15.7. The van der Waals surface area contributed by atoms with Crippen LogP contribution in [0.15, 0.2) is 24.3 Å². The van der Waals surface area contributed by atoms with Gasteiger partial charge in [-0.25, -0.2) is 9.59 Å². The number of carbonyl (C=O) groups is 3. The molecule has 0 fully saturated rings. The van der Waals surface area contributed by atoms with E-state index in [2.05, 4.69) is 4.98 Å². The summed E-state index contributed by atoms with van der Waals surface area (Å²) in [6, 6.07) is 6.48. The number of carbonyl (C=O) groups excluding carboxylic acids is 3. The molecule has 0 saturated heterocycles. The molecule has 0 aliphatic heterocycles. The van der Waals surface area contributed by atoms with Crippen molar-refractivity contribution in [1.82, 2.24) is 4.98 Å². The molecule has 1 aromatic carbocycles. The van der Waals surface area contributed by atoms with E-state index in [0.717, 1.165) is 0 Å². The van der Waals surface area contributed by atoms with Gasteiger partial charge in [0.2, 0.25) is 5.78 Å². The lowest BCUT2D eigenvalue weighted by Gasteiger charge is -2.12. The van der Waals surface area contributed by atoms with Crippen molar-refractivity contribution in [3.05, 3.63) is 52.3 Å². The van der Waals surface area contributed by atoms with Gasteiger partial charge in [-0.2, -0.15) is 0 Å². The topological polar surface area (TPSA) is 94.7 Å². The predicted octanol–water partition coefficient (Wildman–Crippen LogP) is 3.64. The second kappa shape index (κ2) is 9.21. The zero-order chi connectivity index (χ0) is 20.8. The van der Waals surface area contributed by atoms with Crippen molar-refractivity contribution in [2.75, 3.05) is 13.2 Å². The number of hydrogen-bond acceptors (Lipinski definition) is 6. The predicted molar refractivity (Wildman–Crippen MR) is 103 cm³/mol. The molecule has 0 saturated carbocycles. The second-order valence-electron chi connectivity index (χ2n) is 6.21. The first-order chi connectivity index (χ1) is 13.3. The fourth-order valence-electron chi connectivity index (χ4n) is 2.85. The van der Waals surface area contributed by atoms with E-state index in [9.17, 15) is 14.4 Å². The summed E-state index contributed by atoms with van der Waals surface area (Å²) in [5.74, 6) is -0.884. The maximum absolute atomic E-state index is 12.7. The minimum atomic E-state index is -1.02. The summed E-state index contributed by atoms with van der Waals surface area (Å²) >= 11 is 0. The first-order valence-corrected chi connectivity index (χ1v) is 9.14. The summed E-state index contributed by atoms with van der Waals surface area (Å²) in [6.45, 7) is 9.18. The molecule has 2 rings (SSSR count). The van der Waals surface area contributed by atoms with Crippen LogP contribution >= 0.6 is 0 Å². The number of nitrogens with one attached hydrogen (secondary N) is 1. The number of hydrogen-bond donors (Lipinski definition) is 1. The number of aryl methyl sites for hydroxylation is 1. The molecular formula is C21H25NO6. The number of benzene rings is 1. The Bertz CT molecular complexity index is 866. The Kier molecular flexibility index (Phi) is 6.98. The van der Waals surface area contributed by atoms with Gasteiger partial charge in [-0.15, -0.1) is 0 Å². The van der Waals surface area contributed by atoms with E-state index >= 15 is 0 Å². The fourth-order valence-corrected chi connectivity index (χ4v) is 2.85. The zero-order valence-corrected chi connectivity index (χ0v) is 16.8. The lowest BCUT2D eigenvalue weighted by Crippen LogP contribution is -2.25. The van der Waals surface area contributed by atoms with Gasteiger partial charge in [0.15, 0.2) is 6.10 Å². The van der Waals surface area contributed by atoms with Crippen LogP contribution in [0.25, 0.3) is 0 Å². The Morgan fingerprint density at radius 1 is 1.00 bits per heavy atom. The average molecular weight is 387 g/mol. The zero-order valence-electron chi connectivity index (χ0n) is 16.8. The molecule has 0 radical (unpaired) electrons. The van der Waals surface area contributed by atoms with Crippen molar-refractivity contribution in [3.63, 3.8) is 0 Å². The largest absolute Gasteiger partial charge is 0.494 e. The molecule has 150 valence electrons. The number of ether oxygens (including phenoxy) is 3. The molecule has 1 atom stereocenters. The van der Waals surface area contributed by atoms with Gasteiger partial charge < -0.3 is 19.2 Å². The van der Waals surface area contributed by atoms with E-state index in [4.69, 9.17) is 14.2 Å². The van der Waals surface area contributed by atoms with Gasteiger partial charge in [-0.3, -0.25) is 4.79 Å². The van der Waals surface area contributed by atoms with Crippen molar-refractivity contribution in [1.29, 1.82) is 0 Å². The van der Waals surface area contributed by atoms with E-state index in [1.807, 2.05) is 6.92 Å². The molecule has 1 N–H and O–H groups in total. The van der Waals surface area contributed by atoms with Crippen LogP contribution in [0.4, 0.5) is 0 Å². The van der Waals surface area contributed by atoms with Gasteiger partial charge >= 0.3 is 11.9 Å². The number of aromatic nitrogens is 1. The van der Waals surface area contributed by atoms with Gasteiger partial charge in [0.1, 0.15) is 5.75 Å². The van der Waals surface area contributed by atoms with Gasteiger partial charge in [-0.05, 0) is 64.4 Å². The highest BCUT2D eigenvalue weighted by Gasteiger charge is 2.27. The maximum Gasteiger partial charge on any atom is 0.340 e. The second-order valence-corrected chi connectivity index (χ2v) is 6.21. The fraction of sp³-hybridized carbons (Fsp3) is 0.381. The molecule has 0 amide bonds. The van der Waals surface area contributed by atoms with Crippen molar-refractivity contribution in [3.8, 4) is 5.75 Å². The minimum absolute atomic E-state index is 0.229. The van der Waals surface area contributed by atoms with Crippen LogP contribution in [-0.4, -0.2) is 42.0 Å². The molecule has 7 nitrogen and oxygen atoms in total. The molecular weight excluding hydrogens is 362 g/mol. The molecule has 1 aromatic heterocycles. The van der Waals surface area contributed by atoms with Crippen LogP contribution in [-0.2, 0) is 9.47 Å². The molecule has 7 heteroatoms. The molecule has 0 unspecified atom stereocenters. The first kappa shape index (κ1) is 21.2. The Morgan fingerprint density at radius 3 is 2.21 bits per heavy atom. The van der Waals surface area contributed by atoms with Crippen LogP contribution < -0.4 is 4.74 Å². The van der Waals surface area contributed by atoms with Crippen molar-refractivity contribution >= 4 is 17.7 Å². The molecule has 0 aliphatic carbocycles. The minimum Gasteiger partial charge on any atom is -0.494 e. The SMILES string of the molecule is CCOC(=O)c1c(C)[nH]c(C(=O)[C@H](C)OC(=O)c2ccc(OCC)cc2)c1C. The third-order valence-electron chi connectivity index (χ3n) is 4.22. The van der Waals surface area contributed by atoms with Crippen molar-refractivity contribution < 1.29 is 28.6 Å². The third kappa shape index (κ3) is 4.60. The van der Waals surface area contributed by atoms with Crippen molar-refractivity contribution in [2.45, 2.75) is 40.7 Å². The third-order valence-corrected chi connectivity index (χ3v) is 4.22. The Labute approximate surface area is 164 Å². The van der Waals surface area contributed by atoms with Crippen LogP contribution in [0, 0.1) is 13.8 Å². The molecule has 28 heavy (non-hydrogen) atoms. The lowest BCUT2D eigenvalue weighted by atomic mass is 10.1. The van der Waals surface area contributed by atoms with Gasteiger partial charge in [-0.1, -0.05) is 0 Å². The molecule has 0 spiro atoms. The van der Waals surface area contributed by atoms with Crippen LogP contribution in [0.5, 0.6) is 5.75 Å². The molecule has 1 heterocycles. The standard InChI is InChI=1S/C21H25NO6/c1-6-26-16-10-8-15(9-11-16)20(24)28-14(5)19(23)18-12(3)17(13(4)22-18)21(25)27-7-2/h8-11,14,22H,6-7H2,1-5H3/t14-/m0/s1. The number of aromatic amines is 1. The molecule has 2 aromatic rings. The van der Waals surface area contributed by atoms with E-state index in [1.54, 1.807) is 45.0 Å². The van der Waals surface area contributed by atoms with Crippen LogP contribution in [0.3, 0.4) is 0 Å². The monoisotopic (exact) mass is 387 g/mol. The van der Waals surface area contributed by atoms with E-state index in [0.29, 0.717) is 34.7 Å². The van der Waals surface area contributed by atoms with Crippen molar-refractivity contribution in [2.24, 2.45) is 0 Å². The van der Waals surface area contributed by atoms with Gasteiger partial charge in [0.05, 0.1) is 30.0 Å². The van der Waals surface area contributed by atoms with E-state index in [-0.39, 0.29) is 12.3 Å². The number of esters is 2. The Morgan fingerprint density at radius 2 is 1.64 bits per heavy atom. The molecule has 0 aliphatic rings. The Hall–Kier alpha value is -3.09. The highest BCUT2D eigenvalue weighted by atomic mass is 16.5. The summed E-state index contributed by atoms with van der Waals surface area (Å²) in [4.78, 5) is 40.0. The summed E-state index contributed by atoms with van der Waals surface area (Å²) in [7, 11) is 0. The summed E-state index contributed by atoms with van der Waals surface area (Å²) in [5, 5.41) is 0. The number of ketones is 1. The summed E-state index contributed by atoms with van der Waals surface area (Å²) in [5.41, 5.74) is 1.88. The van der Waals surface area contributed by atoms with E-state index < -0.39 is 23.8 Å². The number of H-pyrrole nitrogens is 1. The van der Waals surface area contributed by atoms with Gasteiger partial charge in [0, 0.05) is 5.69 Å².